The average molecular weight is 475 g/mol. The minimum Gasteiger partial charge on any atom is -0.453 e. The minimum atomic E-state index is -0.575. The lowest BCUT2D eigenvalue weighted by Gasteiger charge is -2.19. The van der Waals surface area contributed by atoms with Crippen molar-refractivity contribution in [1.29, 1.82) is 0 Å². The zero-order valence-corrected chi connectivity index (χ0v) is 21.4. The van der Waals surface area contributed by atoms with Gasteiger partial charge in [0.25, 0.3) is 0 Å². The van der Waals surface area contributed by atoms with E-state index in [-0.39, 0.29) is 5.41 Å². The number of aromatic nitrogens is 2. The molecule has 0 bridgehead atoms. The van der Waals surface area contributed by atoms with E-state index < -0.39 is 23.8 Å². The Morgan fingerprint density at radius 1 is 1.03 bits per heavy atom. The van der Waals surface area contributed by atoms with Crippen molar-refractivity contribution in [2.45, 2.75) is 84.3 Å². The lowest BCUT2D eigenvalue weighted by atomic mass is 9.86. The van der Waals surface area contributed by atoms with Gasteiger partial charge in [-0.25, -0.2) is 9.59 Å². The first kappa shape index (κ1) is 27.1. The molecule has 9 heteroatoms. The fraction of sp³-hybridized carbons (Fsp3) is 0.600. The quantitative estimate of drug-likeness (QED) is 0.489. The summed E-state index contributed by atoms with van der Waals surface area (Å²) in [7, 11) is 1.30. The van der Waals surface area contributed by atoms with Gasteiger partial charge in [-0.3, -0.25) is 0 Å². The molecule has 2 aromatic rings. The van der Waals surface area contributed by atoms with E-state index in [1.165, 1.54) is 12.7 Å². The van der Waals surface area contributed by atoms with Crippen LogP contribution in [0.5, 0.6) is 0 Å². The van der Waals surface area contributed by atoms with E-state index in [1.54, 1.807) is 0 Å². The Balaban J connectivity index is 1.93. The van der Waals surface area contributed by atoms with Gasteiger partial charge in [0.05, 0.1) is 7.11 Å². The Hall–Kier alpha value is -3.10. The zero-order valence-electron chi connectivity index (χ0n) is 21.4. The van der Waals surface area contributed by atoms with Gasteiger partial charge >= 0.3 is 12.2 Å². The molecule has 9 nitrogen and oxygen atoms in total. The maximum atomic E-state index is 11.8. The Kier molecular flexibility index (Phi) is 9.46. The first-order valence-electron chi connectivity index (χ1n) is 11.6. The molecule has 0 aliphatic rings. The lowest BCUT2D eigenvalue weighted by Crippen LogP contribution is -2.33. The number of benzene rings is 1. The van der Waals surface area contributed by atoms with Crippen LogP contribution < -0.4 is 10.6 Å². The number of ether oxygens (including phenoxy) is 2. The molecular weight excluding hydrogens is 436 g/mol. The largest absolute Gasteiger partial charge is 0.453 e. The molecule has 0 fully saturated rings. The summed E-state index contributed by atoms with van der Waals surface area (Å²) in [6, 6.07) is 7.88. The van der Waals surface area contributed by atoms with Gasteiger partial charge in [0, 0.05) is 13.0 Å². The molecular formula is C25H38N4O5. The maximum absolute atomic E-state index is 11.8. The van der Waals surface area contributed by atoms with Crippen molar-refractivity contribution < 1.29 is 23.6 Å². The van der Waals surface area contributed by atoms with Gasteiger partial charge in [-0.15, -0.1) is 0 Å². The summed E-state index contributed by atoms with van der Waals surface area (Å²) < 4.78 is 15.4. The Labute approximate surface area is 202 Å². The predicted molar refractivity (Wildman–Crippen MR) is 129 cm³/mol. The number of hydrogen-bond acceptors (Lipinski definition) is 7. The molecule has 0 radical (unpaired) electrons. The minimum absolute atomic E-state index is 0.0903. The number of amides is 2. The van der Waals surface area contributed by atoms with E-state index in [0.29, 0.717) is 43.9 Å². The summed E-state index contributed by atoms with van der Waals surface area (Å²) in [5.41, 5.74) is 1.89. The molecule has 1 aromatic carbocycles. The summed E-state index contributed by atoms with van der Waals surface area (Å²) in [5, 5.41) is 9.56. The van der Waals surface area contributed by atoms with Crippen LogP contribution in [0.25, 0.3) is 0 Å². The van der Waals surface area contributed by atoms with Crippen molar-refractivity contribution >= 4 is 12.2 Å². The molecule has 0 aliphatic heterocycles. The highest BCUT2D eigenvalue weighted by atomic mass is 16.6. The van der Waals surface area contributed by atoms with Crippen LogP contribution in [0.1, 0.15) is 89.7 Å². The monoisotopic (exact) mass is 474 g/mol. The first-order valence-corrected chi connectivity index (χ1v) is 11.6. The number of rotatable bonds is 9. The zero-order chi connectivity index (χ0) is 25.4. The first-order chi connectivity index (χ1) is 15.9. The molecule has 0 saturated carbocycles. The summed E-state index contributed by atoms with van der Waals surface area (Å²) >= 11 is 0. The number of alkyl carbamates (subject to hydrolysis) is 2. The summed E-state index contributed by atoms with van der Waals surface area (Å²) in [6.45, 7) is 12.4. The second-order valence-corrected chi connectivity index (χ2v) is 10.3. The SMILES string of the molecule is COC(=O)NC(CCCCNC(=O)OC(C)(C)C)c1nc(Cc2ccc(C(C)(C)C)cc2)no1. The van der Waals surface area contributed by atoms with Crippen molar-refractivity contribution in [3.63, 3.8) is 0 Å². The van der Waals surface area contributed by atoms with Crippen LogP contribution in [-0.4, -0.2) is 41.6 Å². The highest BCUT2D eigenvalue weighted by molar-refractivity contribution is 5.67. The molecule has 34 heavy (non-hydrogen) atoms. The van der Waals surface area contributed by atoms with Crippen molar-refractivity contribution in [1.82, 2.24) is 20.8 Å². The fourth-order valence-electron chi connectivity index (χ4n) is 3.22. The number of methoxy groups -OCH3 is 1. The van der Waals surface area contributed by atoms with Crippen molar-refractivity contribution in [2.75, 3.05) is 13.7 Å². The van der Waals surface area contributed by atoms with Gasteiger partial charge in [0.15, 0.2) is 5.82 Å². The number of hydrogen-bond donors (Lipinski definition) is 2. The third-order valence-corrected chi connectivity index (χ3v) is 5.03. The van der Waals surface area contributed by atoms with Crippen molar-refractivity contribution in [2.24, 2.45) is 0 Å². The second-order valence-electron chi connectivity index (χ2n) is 10.3. The predicted octanol–water partition coefficient (Wildman–Crippen LogP) is 5.05. The highest BCUT2D eigenvalue weighted by Crippen LogP contribution is 2.23. The third-order valence-electron chi connectivity index (χ3n) is 5.03. The van der Waals surface area contributed by atoms with Crippen LogP contribution in [0.3, 0.4) is 0 Å². The van der Waals surface area contributed by atoms with Gasteiger partial charge < -0.3 is 24.6 Å². The Morgan fingerprint density at radius 2 is 1.71 bits per heavy atom. The Bertz CT molecular complexity index is 926. The van der Waals surface area contributed by atoms with Crippen molar-refractivity contribution in [3.8, 4) is 0 Å². The topological polar surface area (TPSA) is 116 Å². The molecule has 2 rings (SSSR count). The van der Waals surface area contributed by atoms with Crippen LogP contribution in [0.4, 0.5) is 9.59 Å². The average Bonchev–Trinajstić information content (AvgIpc) is 3.19. The molecule has 1 atom stereocenters. The lowest BCUT2D eigenvalue weighted by molar-refractivity contribution is 0.0527. The standard InChI is InChI=1S/C25H38N4O5/c1-24(2,3)18-13-11-17(12-14-18)16-20-28-21(34-29-20)19(27-23(31)32-7)10-8-9-15-26-22(30)33-25(4,5)6/h11-14,19H,8-10,15-16H2,1-7H3,(H,26,30)(H,27,31). The van der Waals surface area contributed by atoms with Crippen LogP contribution in [0.2, 0.25) is 0 Å². The Morgan fingerprint density at radius 3 is 2.29 bits per heavy atom. The van der Waals surface area contributed by atoms with Crippen molar-refractivity contribution in [3.05, 3.63) is 47.1 Å². The number of nitrogens with zero attached hydrogens (tertiary/aromatic N) is 2. The van der Waals surface area contributed by atoms with E-state index in [1.807, 2.05) is 20.8 Å². The normalized spacial score (nSPS) is 12.7. The summed E-state index contributed by atoms with van der Waals surface area (Å²) in [6.07, 6.45) is 1.45. The van der Waals surface area contributed by atoms with Gasteiger partial charge in [-0.1, -0.05) is 50.2 Å². The van der Waals surface area contributed by atoms with E-state index in [0.717, 1.165) is 5.56 Å². The number of nitrogens with one attached hydrogen (secondary N) is 2. The molecule has 0 spiro atoms. The molecule has 1 aromatic heterocycles. The van der Waals surface area contributed by atoms with Gasteiger partial charge in [-0.05, 0) is 56.6 Å². The van der Waals surface area contributed by atoms with E-state index >= 15 is 0 Å². The third kappa shape index (κ3) is 9.41. The van der Waals surface area contributed by atoms with Crippen LogP contribution in [-0.2, 0) is 21.3 Å². The molecule has 2 N–H and O–H groups in total. The summed E-state index contributed by atoms with van der Waals surface area (Å²) in [4.78, 5) is 28.1. The number of unbranched alkanes of at least 4 members (excludes halogenated alkanes) is 1. The van der Waals surface area contributed by atoms with Crippen LogP contribution in [0.15, 0.2) is 28.8 Å². The summed E-state index contributed by atoms with van der Waals surface area (Å²) in [5.74, 6) is 0.869. The molecule has 0 saturated heterocycles. The molecule has 0 aliphatic carbocycles. The van der Waals surface area contributed by atoms with Gasteiger partial charge in [-0.2, -0.15) is 4.98 Å². The smallest absolute Gasteiger partial charge is 0.407 e. The van der Waals surface area contributed by atoms with Gasteiger partial charge in [0.1, 0.15) is 11.6 Å². The van der Waals surface area contributed by atoms with Crippen LogP contribution in [0, 0.1) is 0 Å². The van der Waals surface area contributed by atoms with Gasteiger partial charge in [0.2, 0.25) is 5.89 Å². The molecule has 188 valence electrons. The number of carbonyl (C=O) groups is 2. The fourth-order valence-corrected chi connectivity index (χ4v) is 3.22. The molecule has 1 heterocycles. The highest BCUT2D eigenvalue weighted by Gasteiger charge is 2.22. The van der Waals surface area contributed by atoms with E-state index in [9.17, 15) is 9.59 Å². The van der Waals surface area contributed by atoms with Crippen LogP contribution >= 0.6 is 0 Å². The number of carbonyl (C=O) groups excluding carboxylic acids is 2. The second kappa shape index (κ2) is 11.9. The van der Waals surface area contributed by atoms with E-state index in [2.05, 4.69) is 65.8 Å². The molecule has 1 unspecified atom stereocenters. The van der Waals surface area contributed by atoms with E-state index in [4.69, 9.17) is 14.0 Å². The molecule has 2 amide bonds. The maximum Gasteiger partial charge on any atom is 0.407 e.